The predicted molar refractivity (Wildman–Crippen MR) is 150 cm³/mol. The Hall–Kier alpha value is -1.46. The highest BCUT2D eigenvalue weighted by Gasteiger charge is 2.64. The Labute approximate surface area is 230 Å². The van der Waals surface area contributed by atoms with Crippen molar-refractivity contribution in [3.63, 3.8) is 0 Å². The van der Waals surface area contributed by atoms with Crippen LogP contribution in [0.15, 0.2) is 23.3 Å². The molecule has 0 saturated heterocycles. The maximum atomic E-state index is 12.3. The van der Waals surface area contributed by atoms with Crippen molar-refractivity contribution in [3.8, 4) is 0 Å². The second-order valence-electron chi connectivity index (χ2n) is 14.5. The van der Waals surface area contributed by atoms with Crippen molar-refractivity contribution < 1.29 is 24.5 Å². The Balaban J connectivity index is 1.70. The molecule has 4 rings (SSSR count). The molecule has 0 radical (unpaired) electrons. The van der Waals surface area contributed by atoms with E-state index in [1.54, 1.807) is 11.1 Å². The van der Waals surface area contributed by atoms with Gasteiger partial charge in [-0.25, -0.2) is 0 Å². The molecule has 0 aromatic carbocycles. The molecule has 0 spiro atoms. The molecule has 10 atom stereocenters. The second-order valence-corrected chi connectivity index (χ2v) is 14.5. The number of aldehydes is 1. The number of carbonyl (C=O) groups is 2. The number of esters is 1. The van der Waals surface area contributed by atoms with Crippen LogP contribution in [-0.2, 0) is 14.3 Å². The third-order valence-corrected chi connectivity index (χ3v) is 12.6. The molecule has 0 aromatic rings. The number of hydrogen-bond donors (Lipinski definition) is 2. The number of hydrogen-bond acceptors (Lipinski definition) is 5. The van der Waals surface area contributed by atoms with E-state index in [2.05, 4.69) is 34.3 Å². The van der Waals surface area contributed by atoms with Crippen molar-refractivity contribution in [2.24, 2.45) is 45.3 Å². The first-order valence-electron chi connectivity index (χ1n) is 15.0. The van der Waals surface area contributed by atoms with Crippen LogP contribution in [0.3, 0.4) is 0 Å². The van der Waals surface area contributed by atoms with Crippen molar-refractivity contribution >= 4 is 12.3 Å². The molecule has 214 valence electrons. The van der Waals surface area contributed by atoms with Crippen LogP contribution in [0.2, 0.25) is 0 Å². The zero-order chi connectivity index (χ0) is 28.4. The normalized spacial score (nSPS) is 43.0. The molecule has 2 fully saturated rings. The first-order valence-corrected chi connectivity index (χ1v) is 15.0. The van der Waals surface area contributed by atoms with Crippen molar-refractivity contribution in [2.45, 2.75) is 125 Å². The Morgan fingerprint density at radius 3 is 2.26 bits per heavy atom. The minimum atomic E-state index is -0.883. The molecular weight excluding hydrogens is 476 g/mol. The van der Waals surface area contributed by atoms with Gasteiger partial charge in [-0.1, -0.05) is 66.2 Å². The van der Waals surface area contributed by atoms with E-state index in [0.29, 0.717) is 17.9 Å². The Morgan fingerprint density at radius 1 is 1.03 bits per heavy atom. The smallest absolute Gasteiger partial charge is 0.303 e. The summed E-state index contributed by atoms with van der Waals surface area (Å²) in [6.45, 7) is 21.0. The summed E-state index contributed by atoms with van der Waals surface area (Å²) < 4.78 is 5.84. The van der Waals surface area contributed by atoms with Gasteiger partial charge in [-0.3, -0.25) is 4.79 Å². The van der Waals surface area contributed by atoms with Crippen LogP contribution in [-0.4, -0.2) is 40.8 Å². The van der Waals surface area contributed by atoms with Crippen LogP contribution in [0.4, 0.5) is 0 Å². The topological polar surface area (TPSA) is 83.8 Å². The molecule has 5 nitrogen and oxygen atoms in total. The third-order valence-electron chi connectivity index (χ3n) is 12.6. The van der Waals surface area contributed by atoms with Crippen LogP contribution in [0, 0.1) is 45.3 Å². The monoisotopic (exact) mass is 528 g/mol. The zero-order valence-corrected chi connectivity index (χ0v) is 25.1. The highest BCUT2D eigenvalue weighted by Crippen LogP contribution is 2.72. The van der Waals surface area contributed by atoms with Gasteiger partial charge in [0.15, 0.2) is 0 Å². The molecule has 0 bridgehead atoms. The number of aliphatic hydroxyl groups is 2. The van der Waals surface area contributed by atoms with Crippen LogP contribution in [0.1, 0.15) is 107 Å². The lowest BCUT2D eigenvalue weighted by Gasteiger charge is -2.61. The van der Waals surface area contributed by atoms with Gasteiger partial charge in [-0.2, -0.15) is 0 Å². The van der Waals surface area contributed by atoms with Crippen molar-refractivity contribution in [1.29, 1.82) is 0 Å². The summed E-state index contributed by atoms with van der Waals surface area (Å²) in [5, 5.41) is 22.1. The summed E-state index contributed by atoms with van der Waals surface area (Å²) in [4.78, 5) is 24.5. The number of rotatable bonds is 7. The SMILES string of the molecule is C=C(C(C)C)C(O)C(OC(C)=O)C(C)C1CCC2(C)C3=C(CCC12C)C1(C)CCC(O)C(C)(C=O)C1CC3. The molecule has 5 heteroatoms. The van der Waals surface area contributed by atoms with Crippen molar-refractivity contribution in [3.05, 3.63) is 23.3 Å². The van der Waals surface area contributed by atoms with Crippen LogP contribution in [0.25, 0.3) is 0 Å². The first-order chi connectivity index (χ1) is 17.6. The lowest BCUT2D eigenvalue weighted by molar-refractivity contribution is -0.159. The largest absolute Gasteiger partial charge is 0.459 e. The van der Waals surface area contributed by atoms with Crippen molar-refractivity contribution in [1.82, 2.24) is 0 Å². The number of ether oxygens (including phenoxy) is 1. The molecule has 10 unspecified atom stereocenters. The van der Waals surface area contributed by atoms with Crippen LogP contribution >= 0.6 is 0 Å². The van der Waals surface area contributed by atoms with E-state index in [1.165, 1.54) is 6.92 Å². The maximum absolute atomic E-state index is 12.3. The lowest BCUT2D eigenvalue weighted by Crippen LogP contribution is -2.57. The molecule has 4 aliphatic rings. The third kappa shape index (κ3) is 4.08. The van der Waals surface area contributed by atoms with Gasteiger partial charge in [0.25, 0.3) is 0 Å². The molecule has 4 aliphatic carbocycles. The molecular formula is C33H52O5. The minimum absolute atomic E-state index is 0.00603. The zero-order valence-electron chi connectivity index (χ0n) is 25.1. The summed E-state index contributed by atoms with van der Waals surface area (Å²) in [6.07, 6.45) is 6.71. The molecule has 2 N–H and O–H groups in total. The Kier molecular flexibility index (Phi) is 7.67. The average Bonchev–Trinajstić information content (AvgIpc) is 3.14. The van der Waals surface area contributed by atoms with E-state index >= 15 is 0 Å². The van der Waals surface area contributed by atoms with E-state index in [-0.39, 0.29) is 40.0 Å². The van der Waals surface area contributed by atoms with Crippen molar-refractivity contribution in [2.75, 3.05) is 0 Å². The number of aliphatic hydroxyl groups excluding tert-OH is 2. The van der Waals surface area contributed by atoms with Gasteiger partial charge < -0.3 is 19.7 Å². The summed E-state index contributed by atoms with van der Waals surface area (Å²) in [5.74, 6) is 0.211. The molecule has 0 heterocycles. The molecule has 2 saturated carbocycles. The fraction of sp³-hybridized carbons (Fsp3) is 0.818. The second kappa shape index (κ2) is 9.87. The first kappa shape index (κ1) is 29.5. The number of carbonyl (C=O) groups excluding carboxylic acids is 2. The Morgan fingerprint density at radius 2 is 1.68 bits per heavy atom. The summed E-state index contributed by atoms with van der Waals surface area (Å²) in [5.41, 5.74) is 3.18. The van der Waals surface area contributed by atoms with E-state index in [4.69, 9.17) is 4.74 Å². The number of fused-ring (bicyclic) bond motifs is 4. The van der Waals surface area contributed by atoms with Gasteiger partial charge in [0.2, 0.25) is 0 Å². The fourth-order valence-electron chi connectivity index (χ4n) is 9.90. The van der Waals surface area contributed by atoms with Crippen LogP contribution < -0.4 is 0 Å². The quantitative estimate of drug-likeness (QED) is 0.226. The van der Waals surface area contributed by atoms with E-state index in [1.807, 2.05) is 20.8 Å². The van der Waals surface area contributed by atoms with Gasteiger partial charge in [-0.15, -0.1) is 0 Å². The summed E-state index contributed by atoms with van der Waals surface area (Å²) in [6, 6.07) is 0. The van der Waals surface area contributed by atoms with E-state index < -0.39 is 23.7 Å². The molecule has 0 amide bonds. The average molecular weight is 529 g/mol. The highest BCUT2D eigenvalue weighted by atomic mass is 16.6. The van der Waals surface area contributed by atoms with Gasteiger partial charge >= 0.3 is 5.97 Å². The summed E-state index contributed by atoms with van der Waals surface area (Å²) >= 11 is 0. The predicted octanol–water partition coefficient (Wildman–Crippen LogP) is 6.42. The fourth-order valence-corrected chi connectivity index (χ4v) is 9.90. The van der Waals surface area contributed by atoms with Gasteiger partial charge in [0.05, 0.1) is 11.5 Å². The van der Waals surface area contributed by atoms with Gasteiger partial charge in [0, 0.05) is 6.92 Å². The number of allylic oxidation sites excluding steroid dienone is 2. The molecule has 38 heavy (non-hydrogen) atoms. The Bertz CT molecular complexity index is 1010. The molecule has 0 aliphatic heterocycles. The maximum Gasteiger partial charge on any atom is 0.303 e. The lowest BCUT2D eigenvalue weighted by atomic mass is 9.43. The van der Waals surface area contributed by atoms with E-state index in [0.717, 1.165) is 51.2 Å². The molecule has 0 aromatic heterocycles. The van der Waals surface area contributed by atoms with Gasteiger partial charge in [-0.05, 0) is 96.9 Å². The highest BCUT2D eigenvalue weighted by molar-refractivity contribution is 5.66. The minimum Gasteiger partial charge on any atom is -0.459 e. The van der Waals surface area contributed by atoms with Gasteiger partial charge in [0.1, 0.15) is 18.5 Å². The summed E-state index contributed by atoms with van der Waals surface area (Å²) in [7, 11) is 0. The van der Waals surface area contributed by atoms with Crippen LogP contribution in [0.5, 0.6) is 0 Å². The van der Waals surface area contributed by atoms with E-state index in [9.17, 15) is 19.8 Å². The standard InChI is InChI=1S/C33H52O5/c1-19(2)20(3)28(37)29(38-22(5)35)21(4)23-12-16-33(9)25-10-11-26-30(6,24(25)13-17-32(23,33)8)15-14-27(36)31(26,7)18-34/h18-19,21,23,26-29,36-37H,3,10-17H2,1-2,4-9H3.